The van der Waals surface area contributed by atoms with E-state index in [0.717, 1.165) is 54.5 Å². The van der Waals surface area contributed by atoms with Crippen LogP contribution in [-0.4, -0.2) is 30.0 Å². The molecule has 2 fully saturated rings. The molecule has 7 nitrogen and oxygen atoms in total. The summed E-state index contributed by atoms with van der Waals surface area (Å²) in [6, 6.07) is 8.44. The number of amides is 1. The number of nitrogens with zero attached hydrogens (tertiary/aromatic N) is 5. The Hall–Kier alpha value is -3.81. The van der Waals surface area contributed by atoms with Gasteiger partial charge in [-0.05, 0) is 80.7 Å². The van der Waals surface area contributed by atoms with Crippen LogP contribution in [0.1, 0.15) is 58.9 Å². The van der Waals surface area contributed by atoms with E-state index in [-0.39, 0.29) is 5.56 Å². The molecule has 2 aliphatic carbocycles. The summed E-state index contributed by atoms with van der Waals surface area (Å²) in [7, 11) is 0. The van der Waals surface area contributed by atoms with E-state index in [4.69, 9.17) is 0 Å². The minimum atomic E-state index is -0.565. The van der Waals surface area contributed by atoms with Crippen molar-refractivity contribution in [2.45, 2.75) is 51.5 Å². The van der Waals surface area contributed by atoms with Crippen LogP contribution in [0.2, 0.25) is 0 Å². The van der Waals surface area contributed by atoms with Gasteiger partial charge in [0.2, 0.25) is 0 Å². The summed E-state index contributed by atoms with van der Waals surface area (Å²) in [5, 5.41) is 2.79. The molecule has 0 spiro atoms. The highest BCUT2D eigenvalue weighted by atomic mass is 19.1. The van der Waals surface area contributed by atoms with Crippen LogP contribution in [0, 0.1) is 24.6 Å². The molecule has 3 aromatic heterocycles. The van der Waals surface area contributed by atoms with Gasteiger partial charge in [-0.1, -0.05) is 6.07 Å². The lowest BCUT2D eigenvalue weighted by molar-refractivity contribution is 0.102. The number of fused-ring (bicyclic) bond motifs is 1. The van der Waals surface area contributed by atoms with Crippen LogP contribution in [0.25, 0.3) is 17.2 Å². The molecule has 3 aliphatic rings. The van der Waals surface area contributed by atoms with Gasteiger partial charge in [-0.3, -0.25) is 4.79 Å². The predicted molar refractivity (Wildman–Crippen MR) is 134 cm³/mol. The first-order chi connectivity index (χ1) is 17.5. The first kappa shape index (κ1) is 21.5. The summed E-state index contributed by atoms with van der Waals surface area (Å²) in [5.41, 5.74) is 4.43. The molecule has 1 aliphatic heterocycles. The molecule has 2 saturated carbocycles. The molecule has 0 bridgehead atoms. The summed E-state index contributed by atoms with van der Waals surface area (Å²) in [4.78, 5) is 26.9. The van der Waals surface area contributed by atoms with E-state index < -0.39 is 11.7 Å². The third-order valence-corrected chi connectivity index (χ3v) is 7.74. The van der Waals surface area contributed by atoms with Gasteiger partial charge in [0.15, 0.2) is 5.82 Å². The Bertz CT molecular complexity index is 1500. The average molecular weight is 483 g/mol. The number of nitrogens with one attached hydrogen (secondary N) is 1. The zero-order chi connectivity index (χ0) is 24.4. The van der Waals surface area contributed by atoms with Crippen LogP contribution >= 0.6 is 0 Å². The average Bonchev–Trinajstić information content (AvgIpc) is 3.76. The molecule has 1 N–H and O–H groups in total. The van der Waals surface area contributed by atoms with Crippen LogP contribution in [0.15, 0.2) is 49.1 Å². The second-order valence-electron chi connectivity index (χ2n) is 10.4. The molecular formula is C28H27FN6O. The van der Waals surface area contributed by atoms with E-state index in [1.54, 1.807) is 18.5 Å². The van der Waals surface area contributed by atoms with Gasteiger partial charge in [-0.25, -0.2) is 19.3 Å². The van der Waals surface area contributed by atoms with E-state index in [9.17, 15) is 9.18 Å². The Kier molecular flexibility index (Phi) is 4.84. The number of aryl methyl sites for hydroxylation is 1. The third kappa shape index (κ3) is 3.81. The molecule has 1 aromatic carbocycles. The first-order valence-corrected chi connectivity index (χ1v) is 12.7. The second-order valence-corrected chi connectivity index (χ2v) is 10.4. The zero-order valence-corrected chi connectivity index (χ0v) is 20.1. The van der Waals surface area contributed by atoms with Crippen LogP contribution in [-0.2, 0) is 13.0 Å². The predicted octanol–water partition coefficient (Wildman–Crippen LogP) is 5.29. The zero-order valence-electron chi connectivity index (χ0n) is 20.1. The second kappa shape index (κ2) is 8.11. The Morgan fingerprint density at radius 2 is 1.97 bits per heavy atom. The lowest BCUT2D eigenvalue weighted by Gasteiger charge is -2.12. The molecule has 0 radical (unpaired) electrons. The highest BCUT2D eigenvalue weighted by Gasteiger charge is 2.36. The largest absolute Gasteiger partial charge is 0.327 e. The molecule has 4 aromatic rings. The maximum atomic E-state index is 14.9. The smallest absolute Gasteiger partial charge is 0.259 e. The topological polar surface area (TPSA) is 77.6 Å². The van der Waals surface area contributed by atoms with Gasteiger partial charge in [-0.15, -0.1) is 0 Å². The van der Waals surface area contributed by atoms with Gasteiger partial charge >= 0.3 is 0 Å². The van der Waals surface area contributed by atoms with E-state index in [1.165, 1.54) is 24.6 Å². The van der Waals surface area contributed by atoms with Crippen molar-refractivity contribution < 1.29 is 9.18 Å². The minimum Gasteiger partial charge on any atom is -0.327 e. The van der Waals surface area contributed by atoms with Gasteiger partial charge in [0.1, 0.15) is 17.3 Å². The SMILES string of the molecule is Cc1cc(F)c(C(=O)Nc2cccc(-c3ncc4n3CC(C3CC3)C4)n2)cc1-n1cnc(C2CC2)c1. The highest BCUT2D eigenvalue weighted by Crippen LogP contribution is 2.43. The molecule has 8 heteroatoms. The van der Waals surface area contributed by atoms with Crippen molar-refractivity contribution in [1.82, 2.24) is 24.1 Å². The van der Waals surface area contributed by atoms with Crippen LogP contribution in [0.3, 0.4) is 0 Å². The molecule has 36 heavy (non-hydrogen) atoms. The number of carbonyl (C=O) groups excluding carboxylic acids is 1. The summed E-state index contributed by atoms with van der Waals surface area (Å²) < 4.78 is 19.0. The fraction of sp³-hybridized carbons (Fsp3) is 0.357. The van der Waals surface area contributed by atoms with E-state index in [1.807, 2.05) is 36.0 Å². The number of benzene rings is 1. The molecular weight excluding hydrogens is 455 g/mol. The van der Waals surface area contributed by atoms with Gasteiger partial charge in [0.25, 0.3) is 5.91 Å². The van der Waals surface area contributed by atoms with Crippen molar-refractivity contribution >= 4 is 11.7 Å². The monoisotopic (exact) mass is 482 g/mol. The molecule has 4 heterocycles. The number of imidazole rings is 2. The molecule has 1 amide bonds. The number of anilines is 1. The van der Waals surface area contributed by atoms with Crippen LogP contribution in [0.5, 0.6) is 0 Å². The molecule has 1 atom stereocenters. The quantitative estimate of drug-likeness (QED) is 0.405. The van der Waals surface area contributed by atoms with Crippen LogP contribution in [0.4, 0.5) is 10.2 Å². The maximum absolute atomic E-state index is 14.9. The fourth-order valence-corrected chi connectivity index (χ4v) is 5.42. The van der Waals surface area contributed by atoms with E-state index in [0.29, 0.717) is 23.3 Å². The Balaban J connectivity index is 1.14. The third-order valence-electron chi connectivity index (χ3n) is 7.74. The number of halogens is 1. The highest BCUT2D eigenvalue weighted by molar-refractivity contribution is 6.04. The van der Waals surface area contributed by atoms with Crippen LogP contribution < -0.4 is 5.32 Å². The van der Waals surface area contributed by atoms with Crippen molar-refractivity contribution in [3.05, 3.63) is 77.4 Å². The number of rotatable bonds is 6. The van der Waals surface area contributed by atoms with Gasteiger partial charge in [0, 0.05) is 30.6 Å². The lowest BCUT2D eigenvalue weighted by Crippen LogP contribution is -2.16. The van der Waals surface area contributed by atoms with Crippen molar-refractivity contribution in [3.63, 3.8) is 0 Å². The summed E-state index contributed by atoms with van der Waals surface area (Å²) in [6.45, 7) is 2.81. The van der Waals surface area contributed by atoms with Crippen molar-refractivity contribution in [2.75, 3.05) is 5.32 Å². The normalized spacial score (nSPS) is 18.9. The van der Waals surface area contributed by atoms with Gasteiger partial charge in [-0.2, -0.15) is 0 Å². The molecule has 182 valence electrons. The minimum absolute atomic E-state index is 0.0292. The maximum Gasteiger partial charge on any atom is 0.259 e. The summed E-state index contributed by atoms with van der Waals surface area (Å²) in [5.74, 6) is 2.13. The van der Waals surface area contributed by atoms with Gasteiger partial charge < -0.3 is 14.5 Å². The Labute approximate surface area is 208 Å². The Morgan fingerprint density at radius 1 is 1.11 bits per heavy atom. The Morgan fingerprint density at radius 3 is 2.78 bits per heavy atom. The molecule has 7 rings (SSSR count). The number of hydrogen-bond acceptors (Lipinski definition) is 4. The standard InChI is InChI=1S/C28H27FN6O/c1-16-9-22(29)21(11-25(16)34-14-24(31-15-34)18-7-8-18)28(36)33-26-4-2-3-23(32-26)27-30-12-20-10-19(13-35(20)27)17-5-6-17/h2-4,9,11-12,14-15,17-19H,5-8,10,13H2,1H3,(H,32,33,36). The molecule has 0 saturated heterocycles. The number of pyridine rings is 1. The van der Waals surface area contributed by atoms with Crippen molar-refractivity contribution in [2.24, 2.45) is 11.8 Å². The summed E-state index contributed by atoms with van der Waals surface area (Å²) in [6.07, 6.45) is 11.7. The lowest BCUT2D eigenvalue weighted by atomic mass is 10.0. The van der Waals surface area contributed by atoms with E-state index >= 15 is 0 Å². The summed E-state index contributed by atoms with van der Waals surface area (Å²) >= 11 is 0. The fourth-order valence-electron chi connectivity index (χ4n) is 5.42. The number of hydrogen-bond donors (Lipinski definition) is 1. The van der Waals surface area contributed by atoms with Gasteiger partial charge in [0.05, 0.1) is 23.3 Å². The van der Waals surface area contributed by atoms with Crippen molar-refractivity contribution in [3.8, 4) is 17.2 Å². The van der Waals surface area contributed by atoms with Crippen molar-refractivity contribution in [1.29, 1.82) is 0 Å². The number of aromatic nitrogens is 5. The first-order valence-electron chi connectivity index (χ1n) is 12.7. The molecule has 1 unspecified atom stereocenters. The number of carbonyl (C=O) groups is 1. The van der Waals surface area contributed by atoms with E-state index in [2.05, 4.69) is 24.8 Å².